The Kier molecular flexibility index (Phi) is 12.3. The zero-order valence-corrected chi connectivity index (χ0v) is 15.8. The van der Waals surface area contributed by atoms with Crippen molar-refractivity contribution in [2.75, 3.05) is 33.2 Å². The summed E-state index contributed by atoms with van der Waals surface area (Å²) in [7, 11) is 2.13. The molecule has 0 unspecified atom stereocenters. The number of carbonyl (C=O) groups excluding carboxylic acids is 1. The van der Waals surface area contributed by atoms with E-state index in [-0.39, 0.29) is 0 Å². The Morgan fingerprint density at radius 1 is 0.696 bits per heavy atom. The number of hydrogen-bond acceptors (Lipinski definition) is 2. The van der Waals surface area contributed by atoms with Crippen LogP contribution in [0.2, 0.25) is 0 Å². The topological polar surface area (TPSA) is 23.6 Å². The molecule has 0 spiro atoms. The summed E-state index contributed by atoms with van der Waals surface area (Å²) < 4.78 is 0. The van der Waals surface area contributed by atoms with Gasteiger partial charge in [-0.05, 0) is 13.5 Å². The largest absolute Gasteiger partial charge is 0.340 e. The summed E-state index contributed by atoms with van der Waals surface area (Å²) in [5, 5.41) is 0. The summed E-state index contributed by atoms with van der Waals surface area (Å²) in [6, 6.07) is 0. The highest BCUT2D eigenvalue weighted by atomic mass is 16.2. The third-order valence-electron chi connectivity index (χ3n) is 5.10. The van der Waals surface area contributed by atoms with E-state index in [1.807, 2.05) is 0 Å². The van der Waals surface area contributed by atoms with Gasteiger partial charge in [-0.15, -0.1) is 0 Å². The normalized spacial score (nSPS) is 16.0. The Morgan fingerprint density at radius 2 is 1.13 bits per heavy atom. The van der Waals surface area contributed by atoms with Crippen molar-refractivity contribution in [3.8, 4) is 0 Å². The number of unbranched alkanes of at least 4 members (excludes halogenated alkanes) is 11. The second kappa shape index (κ2) is 13.8. The van der Waals surface area contributed by atoms with Crippen LogP contribution in [-0.4, -0.2) is 48.9 Å². The van der Waals surface area contributed by atoms with Crippen LogP contribution in [0.1, 0.15) is 90.4 Å². The van der Waals surface area contributed by atoms with Crippen LogP contribution in [0.15, 0.2) is 0 Å². The van der Waals surface area contributed by atoms with Gasteiger partial charge in [0.1, 0.15) is 0 Å². The van der Waals surface area contributed by atoms with Gasteiger partial charge in [0.05, 0.1) is 0 Å². The van der Waals surface area contributed by atoms with Gasteiger partial charge in [-0.3, -0.25) is 4.79 Å². The van der Waals surface area contributed by atoms with Crippen molar-refractivity contribution >= 4 is 5.91 Å². The predicted molar refractivity (Wildman–Crippen MR) is 99.8 cm³/mol. The molecule has 3 heteroatoms. The van der Waals surface area contributed by atoms with Crippen molar-refractivity contribution in [1.82, 2.24) is 9.80 Å². The Balaban J connectivity index is 1.81. The number of carbonyl (C=O) groups is 1. The molecule has 0 N–H and O–H groups in total. The summed E-state index contributed by atoms with van der Waals surface area (Å²) in [4.78, 5) is 16.4. The highest BCUT2D eigenvalue weighted by Gasteiger charge is 2.18. The molecule has 1 aliphatic heterocycles. The Bertz CT molecular complexity index is 285. The van der Waals surface area contributed by atoms with E-state index in [0.717, 1.165) is 39.0 Å². The minimum absolute atomic E-state index is 0.380. The third kappa shape index (κ3) is 10.8. The molecular weight excluding hydrogens is 284 g/mol. The fourth-order valence-electron chi connectivity index (χ4n) is 3.33. The molecule has 0 bridgehead atoms. The van der Waals surface area contributed by atoms with Crippen molar-refractivity contribution in [2.45, 2.75) is 90.4 Å². The van der Waals surface area contributed by atoms with Crippen LogP contribution >= 0.6 is 0 Å². The van der Waals surface area contributed by atoms with Crippen molar-refractivity contribution < 1.29 is 4.79 Å². The second-order valence-corrected chi connectivity index (χ2v) is 7.32. The molecule has 0 aromatic rings. The monoisotopic (exact) mass is 324 g/mol. The summed E-state index contributed by atoms with van der Waals surface area (Å²) >= 11 is 0. The highest BCUT2D eigenvalue weighted by Crippen LogP contribution is 2.13. The lowest BCUT2D eigenvalue weighted by molar-refractivity contribution is -0.132. The van der Waals surface area contributed by atoms with E-state index in [1.54, 1.807) is 0 Å². The van der Waals surface area contributed by atoms with Gasteiger partial charge in [0.15, 0.2) is 0 Å². The number of likely N-dealkylation sites (N-methyl/N-ethyl adjacent to an activating group) is 1. The number of nitrogens with zero attached hydrogens (tertiary/aromatic N) is 2. The van der Waals surface area contributed by atoms with Crippen molar-refractivity contribution in [3.63, 3.8) is 0 Å². The predicted octanol–water partition coefficient (Wildman–Crippen LogP) is 4.85. The first-order valence-corrected chi connectivity index (χ1v) is 10.2. The summed E-state index contributed by atoms with van der Waals surface area (Å²) in [5.41, 5.74) is 0. The molecule has 1 aliphatic rings. The average molecular weight is 325 g/mol. The lowest BCUT2D eigenvalue weighted by Gasteiger charge is -2.32. The molecule has 0 saturated carbocycles. The van der Waals surface area contributed by atoms with Crippen LogP contribution in [-0.2, 0) is 4.79 Å². The molecule has 3 nitrogen and oxygen atoms in total. The lowest BCUT2D eigenvalue weighted by atomic mass is 10.0. The van der Waals surface area contributed by atoms with Crippen LogP contribution < -0.4 is 0 Å². The van der Waals surface area contributed by atoms with E-state index in [9.17, 15) is 4.79 Å². The summed E-state index contributed by atoms with van der Waals surface area (Å²) in [6.07, 6.45) is 17.0. The quantitative estimate of drug-likeness (QED) is 0.452. The molecular formula is C20H40N2O. The maximum Gasteiger partial charge on any atom is 0.222 e. The number of hydrogen-bond donors (Lipinski definition) is 0. The molecule has 1 heterocycles. The van der Waals surface area contributed by atoms with Gasteiger partial charge in [-0.25, -0.2) is 0 Å². The van der Waals surface area contributed by atoms with Gasteiger partial charge in [0.25, 0.3) is 0 Å². The van der Waals surface area contributed by atoms with Crippen LogP contribution in [0.3, 0.4) is 0 Å². The molecule has 23 heavy (non-hydrogen) atoms. The zero-order valence-electron chi connectivity index (χ0n) is 15.8. The van der Waals surface area contributed by atoms with Crippen LogP contribution in [0.25, 0.3) is 0 Å². The van der Waals surface area contributed by atoms with Crippen molar-refractivity contribution in [3.05, 3.63) is 0 Å². The standard InChI is InChI=1S/C20H40N2O/c1-3-4-5-6-7-8-9-10-11-12-13-14-15-20(23)22-18-16-21(2)17-19-22/h3-19H2,1-2H3. The molecule has 0 aromatic carbocycles. The third-order valence-corrected chi connectivity index (χ3v) is 5.10. The number of piperazine rings is 1. The Labute approximate surface area is 144 Å². The fraction of sp³-hybridized carbons (Fsp3) is 0.950. The van der Waals surface area contributed by atoms with E-state index in [1.165, 1.54) is 70.6 Å². The molecule has 0 radical (unpaired) electrons. The second-order valence-electron chi connectivity index (χ2n) is 7.32. The first-order chi connectivity index (χ1) is 11.2. The SMILES string of the molecule is CCCCCCCCCCCCCCC(=O)N1CCN(C)CC1. The average Bonchev–Trinajstić information content (AvgIpc) is 2.56. The molecule has 1 rings (SSSR count). The maximum absolute atomic E-state index is 12.1. The first-order valence-electron chi connectivity index (χ1n) is 10.2. The van der Waals surface area contributed by atoms with Crippen LogP contribution in [0, 0.1) is 0 Å². The van der Waals surface area contributed by atoms with E-state index < -0.39 is 0 Å². The van der Waals surface area contributed by atoms with Gasteiger partial charge in [-0.1, -0.05) is 77.6 Å². The van der Waals surface area contributed by atoms with E-state index >= 15 is 0 Å². The maximum atomic E-state index is 12.1. The lowest BCUT2D eigenvalue weighted by Crippen LogP contribution is -2.47. The van der Waals surface area contributed by atoms with Crippen LogP contribution in [0.4, 0.5) is 0 Å². The first kappa shape index (κ1) is 20.5. The minimum Gasteiger partial charge on any atom is -0.340 e. The van der Waals surface area contributed by atoms with Gasteiger partial charge in [0.2, 0.25) is 5.91 Å². The van der Waals surface area contributed by atoms with Crippen molar-refractivity contribution in [1.29, 1.82) is 0 Å². The molecule has 0 atom stereocenters. The molecule has 1 amide bonds. The molecule has 1 fully saturated rings. The van der Waals surface area contributed by atoms with Gasteiger partial charge >= 0.3 is 0 Å². The van der Waals surface area contributed by atoms with Crippen molar-refractivity contribution in [2.24, 2.45) is 0 Å². The molecule has 1 saturated heterocycles. The minimum atomic E-state index is 0.380. The zero-order chi connectivity index (χ0) is 16.8. The van der Waals surface area contributed by atoms with E-state index in [2.05, 4.69) is 23.8 Å². The summed E-state index contributed by atoms with van der Waals surface area (Å²) in [6.45, 7) is 6.19. The molecule has 136 valence electrons. The van der Waals surface area contributed by atoms with E-state index in [0.29, 0.717) is 5.91 Å². The smallest absolute Gasteiger partial charge is 0.222 e. The number of amides is 1. The van der Waals surface area contributed by atoms with Gasteiger partial charge < -0.3 is 9.80 Å². The fourth-order valence-corrected chi connectivity index (χ4v) is 3.33. The van der Waals surface area contributed by atoms with Gasteiger partial charge in [-0.2, -0.15) is 0 Å². The van der Waals surface area contributed by atoms with Crippen LogP contribution in [0.5, 0.6) is 0 Å². The van der Waals surface area contributed by atoms with E-state index in [4.69, 9.17) is 0 Å². The summed E-state index contributed by atoms with van der Waals surface area (Å²) in [5.74, 6) is 0.380. The highest BCUT2D eigenvalue weighted by molar-refractivity contribution is 5.76. The number of rotatable bonds is 13. The Morgan fingerprint density at radius 3 is 1.61 bits per heavy atom. The van der Waals surface area contributed by atoms with Gasteiger partial charge in [0, 0.05) is 32.6 Å². The molecule has 0 aliphatic carbocycles. The Hall–Kier alpha value is -0.570. The molecule has 0 aromatic heterocycles.